The highest BCUT2D eigenvalue weighted by atomic mass is 15.3. The second-order valence-corrected chi connectivity index (χ2v) is 5.79. The van der Waals surface area contributed by atoms with Crippen LogP contribution < -0.4 is 10.2 Å². The molecule has 2 aromatic heterocycles. The summed E-state index contributed by atoms with van der Waals surface area (Å²) in [6, 6.07) is 4.58. The summed E-state index contributed by atoms with van der Waals surface area (Å²) >= 11 is 0. The van der Waals surface area contributed by atoms with Gasteiger partial charge >= 0.3 is 0 Å². The van der Waals surface area contributed by atoms with Crippen molar-refractivity contribution in [3.8, 4) is 0 Å². The van der Waals surface area contributed by atoms with Crippen LogP contribution in [0.2, 0.25) is 0 Å². The number of hydrogen-bond donors (Lipinski definition) is 1. The van der Waals surface area contributed by atoms with Crippen molar-refractivity contribution < 1.29 is 0 Å². The minimum atomic E-state index is 0.499. The van der Waals surface area contributed by atoms with Crippen LogP contribution in [0.3, 0.4) is 0 Å². The van der Waals surface area contributed by atoms with Gasteiger partial charge in [-0.05, 0) is 37.0 Å². The van der Waals surface area contributed by atoms with Crippen LogP contribution in [0.15, 0.2) is 30.7 Å². The summed E-state index contributed by atoms with van der Waals surface area (Å²) in [5.41, 5.74) is 1.27. The maximum Gasteiger partial charge on any atom is 0.244 e. The molecule has 6 nitrogen and oxygen atoms in total. The second-order valence-electron chi connectivity index (χ2n) is 5.79. The standard InChI is InChI=1S/C16H22N6/c1-22(11-8-13-6-9-17-10-7-13)15-12-18-21-16(20-15)19-14-4-2-3-5-14/h6-7,9-10,12,14H,2-5,8,11H2,1H3,(H,19,20,21). The maximum atomic E-state index is 4.58. The summed E-state index contributed by atoms with van der Waals surface area (Å²) in [6.07, 6.45) is 11.3. The van der Waals surface area contributed by atoms with Crippen LogP contribution >= 0.6 is 0 Å². The van der Waals surface area contributed by atoms with Crippen molar-refractivity contribution in [2.24, 2.45) is 0 Å². The lowest BCUT2D eigenvalue weighted by atomic mass is 10.2. The molecule has 0 radical (unpaired) electrons. The van der Waals surface area contributed by atoms with E-state index >= 15 is 0 Å². The van der Waals surface area contributed by atoms with E-state index in [4.69, 9.17) is 0 Å². The molecule has 0 bridgehead atoms. The van der Waals surface area contributed by atoms with Crippen LogP contribution in [0.4, 0.5) is 11.8 Å². The summed E-state index contributed by atoms with van der Waals surface area (Å²) in [5.74, 6) is 1.49. The minimum absolute atomic E-state index is 0.499. The summed E-state index contributed by atoms with van der Waals surface area (Å²) < 4.78 is 0. The molecule has 3 rings (SSSR count). The molecule has 0 aliphatic heterocycles. The van der Waals surface area contributed by atoms with Crippen LogP contribution in [0.5, 0.6) is 0 Å². The molecule has 2 aromatic rings. The predicted octanol–water partition coefficient (Wildman–Crippen LogP) is 2.30. The molecule has 0 aromatic carbocycles. The smallest absolute Gasteiger partial charge is 0.244 e. The minimum Gasteiger partial charge on any atom is -0.358 e. The van der Waals surface area contributed by atoms with Crippen molar-refractivity contribution in [2.75, 3.05) is 23.8 Å². The molecule has 0 unspecified atom stereocenters. The Hall–Kier alpha value is -2.24. The summed E-state index contributed by atoms with van der Waals surface area (Å²) in [7, 11) is 2.03. The van der Waals surface area contributed by atoms with E-state index in [9.17, 15) is 0 Å². The zero-order valence-corrected chi connectivity index (χ0v) is 12.9. The number of anilines is 2. The van der Waals surface area contributed by atoms with Gasteiger partial charge in [0.15, 0.2) is 5.82 Å². The molecular formula is C16H22N6. The van der Waals surface area contributed by atoms with Gasteiger partial charge in [-0.25, -0.2) is 0 Å². The van der Waals surface area contributed by atoms with Crippen LogP contribution in [0.25, 0.3) is 0 Å². The molecule has 1 N–H and O–H groups in total. The quantitative estimate of drug-likeness (QED) is 0.882. The summed E-state index contributed by atoms with van der Waals surface area (Å²) in [5, 5.41) is 11.6. The lowest BCUT2D eigenvalue weighted by molar-refractivity contribution is 0.734. The number of likely N-dealkylation sites (N-methyl/N-ethyl adjacent to an activating group) is 1. The SMILES string of the molecule is CN(CCc1ccncc1)c1cnnc(NC2CCCC2)n1. The number of hydrogen-bond acceptors (Lipinski definition) is 6. The van der Waals surface area contributed by atoms with Crippen LogP contribution in [-0.4, -0.2) is 39.8 Å². The Morgan fingerprint density at radius 3 is 2.77 bits per heavy atom. The monoisotopic (exact) mass is 298 g/mol. The first kappa shape index (κ1) is 14.7. The third kappa shape index (κ3) is 3.90. The number of pyridine rings is 1. The van der Waals surface area contributed by atoms with Crippen molar-refractivity contribution in [3.05, 3.63) is 36.3 Å². The fraction of sp³-hybridized carbons (Fsp3) is 0.500. The second kappa shape index (κ2) is 7.15. The Morgan fingerprint density at radius 1 is 1.23 bits per heavy atom. The van der Waals surface area contributed by atoms with Crippen LogP contribution in [0, 0.1) is 0 Å². The van der Waals surface area contributed by atoms with Crippen molar-refractivity contribution in [1.82, 2.24) is 20.2 Å². The Balaban J connectivity index is 1.58. The van der Waals surface area contributed by atoms with Gasteiger partial charge in [0, 0.05) is 32.0 Å². The van der Waals surface area contributed by atoms with E-state index in [-0.39, 0.29) is 0 Å². The van der Waals surface area contributed by atoms with Crippen LogP contribution in [0.1, 0.15) is 31.2 Å². The number of aromatic nitrogens is 4. The Labute approximate surface area is 131 Å². The molecule has 1 aliphatic rings. The van der Waals surface area contributed by atoms with E-state index in [2.05, 4.69) is 30.4 Å². The molecule has 22 heavy (non-hydrogen) atoms. The molecular weight excluding hydrogens is 276 g/mol. The molecule has 116 valence electrons. The molecule has 0 spiro atoms. The highest BCUT2D eigenvalue weighted by Crippen LogP contribution is 2.21. The zero-order chi connectivity index (χ0) is 15.2. The van der Waals surface area contributed by atoms with Gasteiger partial charge in [-0.3, -0.25) is 4.98 Å². The largest absolute Gasteiger partial charge is 0.358 e. The first-order valence-electron chi connectivity index (χ1n) is 7.87. The number of nitrogens with one attached hydrogen (secondary N) is 1. The van der Waals surface area contributed by atoms with E-state index in [0.29, 0.717) is 12.0 Å². The van der Waals surface area contributed by atoms with E-state index in [0.717, 1.165) is 18.8 Å². The fourth-order valence-corrected chi connectivity index (χ4v) is 2.75. The van der Waals surface area contributed by atoms with Gasteiger partial charge in [-0.15, -0.1) is 5.10 Å². The topological polar surface area (TPSA) is 66.8 Å². The molecule has 1 aliphatic carbocycles. The van der Waals surface area contributed by atoms with E-state index in [1.807, 2.05) is 31.6 Å². The lowest BCUT2D eigenvalue weighted by Gasteiger charge is -2.18. The summed E-state index contributed by atoms with van der Waals surface area (Å²) in [4.78, 5) is 10.7. The van der Waals surface area contributed by atoms with Gasteiger partial charge < -0.3 is 10.2 Å². The average Bonchev–Trinajstić information content (AvgIpc) is 3.07. The average molecular weight is 298 g/mol. The molecule has 1 saturated carbocycles. The van der Waals surface area contributed by atoms with Gasteiger partial charge in [0.25, 0.3) is 0 Å². The number of nitrogens with zero attached hydrogens (tertiary/aromatic N) is 5. The molecule has 0 saturated heterocycles. The van der Waals surface area contributed by atoms with Crippen molar-refractivity contribution >= 4 is 11.8 Å². The van der Waals surface area contributed by atoms with Gasteiger partial charge in [-0.2, -0.15) is 10.1 Å². The van der Waals surface area contributed by atoms with Crippen molar-refractivity contribution in [1.29, 1.82) is 0 Å². The first-order valence-corrected chi connectivity index (χ1v) is 7.87. The molecule has 2 heterocycles. The highest BCUT2D eigenvalue weighted by Gasteiger charge is 2.16. The molecule has 1 fully saturated rings. The third-order valence-corrected chi connectivity index (χ3v) is 4.11. The van der Waals surface area contributed by atoms with Crippen molar-refractivity contribution in [2.45, 2.75) is 38.1 Å². The van der Waals surface area contributed by atoms with E-state index in [1.165, 1.54) is 31.2 Å². The maximum absolute atomic E-state index is 4.58. The Kier molecular flexibility index (Phi) is 4.78. The predicted molar refractivity (Wildman–Crippen MR) is 86.9 cm³/mol. The van der Waals surface area contributed by atoms with Gasteiger partial charge in [0.2, 0.25) is 5.95 Å². The first-order chi connectivity index (χ1) is 10.8. The highest BCUT2D eigenvalue weighted by molar-refractivity contribution is 5.40. The van der Waals surface area contributed by atoms with Gasteiger partial charge in [0.05, 0.1) is 6.20 Å². The summed E-state index contributed by atoms with van der Waals surface area (Å²) in [6.45, 7) is 0.881. The molecule has 0 atom stereocenters. The van der Waals surface area contributed by atoms with Gasteiger partial charge in [0.1, 0.15) is 0 Å². The molecule has 0 amide bonds. The normalized spacial score (nSPS) is 15.0. The third-order valence-electron chi connectivity index (χ3n) is 4.11. The Morgan fingerprint density at radius 2 is 2.00 bits per heavy atom. The van der Waals surface area contributed by atoms with Crippen molar-refractivity contribution in [3.63, 3.8) is 0 Å². The number of rotatable bonds is 6. The van der Waals surface area contributed by atoms with Gasteiger partial charge in [-0.1, -0.05) is 12.8 Å². The van der Waals surface area contributed by atoms with E-state index < -0.39 is 0 Å². The zero-order valence-electron chi connectivity index (χ0n) is 12.9. The fourth-order valence-electron chi connectivity index (χ4n) is 2.75. The molecule has 6 heteroatoms. The van der Waals surface area contributed by atoms with Crippen LogP contribution in [-0.2, 0) is 6.42 Å². The van der Waals surface area contributed by atoms with E-state index in [1.54, 1.807) is 6.20 Å². The lowest BCUT2D eigenvalue weighted by Crippen LogP contribution is -2.23. The Bertz CT molecular complexity index is 582.